The summed E-state index contributed by atoms with van der Waals surface area (Å²) in [5.74, 6) is 1.70. The van der Waals surface area contributed by atoms with Crippen LogP contribution in [0.4, 0.5) is 0 Å². The molecular weight excluding hydrogens is 550 g/mol. The van der Waals surface area contributed by atoms with Gasteiger partial charge in [0, 0.05) is 82.6 Å². The van der Waals surface area contributed by atoms with Crippen molar-refractivity contribution in [2.75, 3.05) is 40.4 Å². The zero-order chi connectivity index (χ0) is 29.5. The number of amides is 2. The summed E-state index contributed by atoms with van der Waals surface area (Å²) in [5, 5.41) is 12.7. The van der Waals surface area contributed by atoms with Crippen LogP contribution in [0.2, 0.25) is 0 Å². The van der Waals surface area contributed by atoms with Gasteiger partial charge in [-0.2, -0.15) is 9.97 Å². The summed E-state index contributed by atoms with van der Waals surface area (Å²) in [6.45, 7) is 6.99. The molecule has 0 aliphatic heterocycles. The predicted octanol–water partition coefficient (Wildman–Crippen LogP) is 1.56. The number of thiazole rings is 1. The van der Waals surface area contributed by atoms with Crippen LogP contribution >= 0.6 is 11.3 Å². The predicted molar refractivity (Wildman–Crippen MR) is 153 cm³/mol. The van der Waals surface area contributed by atoms with Gasteiger partial charge in [0.1, 0.15) is 18.2 Å². The van der Waals surface area contributed by atoms with Gasteiger partial charge in [-0.05, 0) is 12.1 Å². The number of aromatic nitrogens is 3. The first-order valence-electron chi connectivity index (χ1n) is 13.0. The number of nitrogens with zero attached hydrogens (tertiary/aromatic N) is 3. The van der Waals surface area contributed by atoms with E-state index in [9.17, 15) is 9.59 Å². The molecule has 3 aromatic heterocycles. The normalized spacial score (nSPS) is 10.6. The summed E-state index contributed by atoms with van der Waals surface area (Å²) < 4.78 is 22.5. The molecular formula is C27H37N7O6S. The van der Waals surface area contributed by atoms with Crippen LogP contribution in [0.5, 0.6) is 23.5 Å². The number of hydrogen-bond donors (Lipinski definition) is 4. The van der Waals surface area contributed by atoms with Crippen LogP contribution in [0.3, 0.4) is 0 Å². The SMILES string of the molecule is COc1nc(OCc2cnc(COc3ccc(CNCCNC(C)=O)c(OC)n3)s2)ccc1CNCCNC(C)=O. The fourth-order valence-electron chi connectivity index (χ4n) is 3.55. The van der Waals surface area contributed by atoms with E-state index in [0.717, 1.165) is 21.0 Å². The first-order chi connectivity index (χ1) is 19.9. The fraction of sp³-hybridized carbons (Fsp3) is 0.444. The zero-order valence-corrected chi connectivity index (χ0v) is 24.6. The van der Waals surface area contributed by atoms with Crippen molar-refractivity contribution >= 4 is 23.2 Å². The van der Waals surface area contributed by atoms with Crippen molar-refractivity contribution in [1.82, 2.24) is 36.2 Å². The Kier molecular flexibility index (Phi) is 13.0. The molecule has 2 amide bonds. The second kappa shape index (κ2) is 16.9. The monoisotopic (exact) mass is 587 g/mol. The highest BCUT2D eigenvalue weighted by atomic mass is 32.1. The van der Waals surface area contributed by atoms with E-state index in [1.54, 1.807) is 32.5 Å². The maximum Gasteiger partial charge on any atom is 0.220 e. The Morgan fingerprint density at radius 1 is 0.756 bits per heavy atom. The minimum absolute atomic E-state index is 0.0574. The van der Waals surface area contributed by atoms with E-state index in [0.29, 0.717) is 69.4 Å². The van der Waals surface area contributed by atoms with Gasteiger partial charge in [0.05, 0.1) is 19.1 Å². The van der Waals surface area contributed by atoms with Gasteiger partial charge < -0.3 is 40.2 Å². The van der Waals surface area contributed by atoms with Crippen LogP contribution in [0, 0.1) is 0 Å². The number of nitrogens with one attached hydrogen (secondary N) is 4. The Labute approximate surface area is 243 Å². The van der Waals surface area contributed by atoms with Crippen molar-refractivity contribution < 1.29 is 28.5 Å². The molecule has 3 heterocycles. The standard InChI is InChI=1S/C27H37N7O6S/c1-18(35)30-11-9-28-13-20-5-7-23(33-26(20)37-3)39-16-22-15-32-25(41-22)17-40-24-8-6-21(27(34-24)38-4)14-29-10-12-31-19(2)36/h5-8,15,28-29H,9-14,16-17H2,1-4H3,(H,30,35)(H,31,36). The highest BCUT2D eigenvalue weighted by molar-refractivity contribution is 7.11. The van der Waals surface area contributed by atoms with E-state index in [2.05, 4.69) is 36.2 Å². The molecule has 0 unspecified atom stereocenters. The maximum absolute atomic E-state index is 10.9. The van der Waals surface area contributed by atoms with Crippen molar-refractivity contribution in [1.29, 1.82) is 0 Å². The molecule has 0 atom stereocenters. The highest BCUT2D eigenvalue weighted by Gasteiger charge is 2.11. The van der Waals surface area contributed by atoms with E-state index >= 15 is 0 Å². The van der Waals surface area contributed by atoms with Crippen molar-refractivity contribution in [3.8, 4) is 23.5 Å². The molecule has 0 aliphatic rings. The largest absolute Gasteiger partial charge is 0.481 e. The van der Waals surface area contributed by atoms with Crippen molar-refractivity contribution in [2.45, 2.75) is 40.2 Å². The number of carbonyl (C=O) groups is 2. The lowest BCUT2D eigenvalue weighted by Crippen LogP contribution is -2.30. The number of pyridine rings is 2. The molecule has 41 heavy (non-hydrogen) atoms. The average Bonchev–Trinajstić information content (AvgIpc) is 3.42. The van der Waals surface area contributed by atoms with E-state index in [1.807, 2.05) is 12.1 Å². The minimum atomic E-state index is -0.0581. The number of rotatable bonds is 18. The summed E-state index contributed by atoms with van der Waals surface area (Å²) in [6, 6.07) is 7.36. The summed E-state index contributed by atoms with van der Waals surface area (Å²) in [7, 11) is 3.12. The molecule has 3 aromatic rings. The van der Waals surface area contributed by atoms with Gasteiger partial charge in [0.2, 0.25) is 35.3 Å². The second-order valence-electron chi connectivity index (χ2n) is 8.75. The fourth-order valence-corrected chi connectivity index (χ4v) is 4.30. The van der Waals surface area contributed by atoms with Crippen molar-refractivity contribution in [3.63, 3.8) is 0 Å². The van der Waals surface area contributed by atoms with Gasteiger partial charge in [-0.1, -0.05) is 0 Å². The first-order valence-corrected chi connectivity index (χ1v) is 13.9. The smallest absolute Gasteiger partial charge is 0.220 e. The molecule has 4 N–H and O–H groups in total. The van der Waals surface area contributed by atoms with Crippen LogP contribution in [0.1, 0.15) is 34.9 Å². The molecule has 0 saturated heterocycles. The average molecular weight is 588 g/mol. The van der Waals surface area contributed by atoms with Gasteiger partial charge >= 0.3 is 0 Å². The molecule has 0 bridgehead atoms. The molecule has 0 aromatic carbocycles. The molecule has 222 valence electrons. The molecule has 14 heteroatoms. The third-order valence-corrected chi connectivity index (χ3v) is 6.45. The van der Waals surface area contributed by atoms with Gasteiger partial charge in [0.25, 0.3) is 0 Å². The quantitative estimate of drug-likeness (QED) is 0.160. The van der Waals surface area contributed by atoms with Gasteiger partial charge in [-0.25, -0.2) is 4.98 Å². The van der Waals surface area contributed by atoms with Crippen molar-refractivity contribution in [2.24, 2.45) is 0 Å². The van der Waals surface area contributed by atoms with Gasteiger partial charge in [-0.15, -0.1) is 11.3 Å². The second-order valence-corrected chi connectivity index (χ2v) is 9.95. The number of ether oxygens (including phenoxy) is 4. The Hall–Kier alpha value is -4.01. The van der Waals surface area contributed by atoms with Crippen LogP contribution < -0.4 is 40.2 Å². The number of hydrogen-bond acceptors (Lipinski definition) is 12. The summed E-state index contributed by atoms with van der Waals surface area (Å²) >= 11 is 1.47. The Balaban J connectivity index is 1.45. The number of carbonyl (C=O) groups excluding carboxylic acids is 2. The zero-order valence-electron chi connectivity index (χ0n) is 23.7. The number of methoxy groups -OCH3 is 2. The third kappa shape index (κ3) is 11.2. The topological polar surface area (TPSA) is 158 Å². The first kappa shape index (κ1) is 31.5. The molecule has 3 rings (SSSR count). The van der Waals surface area contributed by atoms with Crippen LogP contribution in [-0.4, -0.2) is 67.2 Å². The summed E-state index contributed by atoms with van der Waals surface area (Å²) in [4.78, 5) is 36.1. The third-order valence-electron chi connectivity index (χ3n) is 5.50. The Morgan fingerprint density at radius 3 is 1.76 bits per heavy atom. The van der Waals surface area contributed by atoms with Crippen molar-refractivity contribution in [3.05, 3.63) is 51.5 Å². The molecule has 0 saturated carbocycles. The molecule has 0 fully saturated rings. The van der Waals surface area contributed by atoms with Crippen LogP contribution in [-0.2, 0) is 35.9 Å². The maximum atomic E-state index is 10.9. The van der Waals surface area contributed by atoms with Crippen LogP contribution in [0.25, 0.3) is 0 Å². The molecule has 0 aliphatic carbocycles. The highest BCUT2D eigenvalue weighted by Crippen LogP contribution is 2.23. The molecule has 0 spiro atoms. The van der Waals surface area contributed by atoms with Crippen LogP contribution in [0.15, 0.2) is 30.5 Å². The lowest BCUT2D eigenvalue weighted by Gasteiger charge is -2.11. The summed E-state index contributed by atoms with van der Waals surface area (Å²) in [5.41, 5.74) is 1.77. The minimum Gasteiger partial charge on any atom is -0.481 e. The lowest BCUT2D eigenvalue weighted by molar-refractivity contribution is -0.119. The van der Waals surface area contributed by atoms with E-state index in [4.69, 9.17) is 18.9 Å². The molecule has 13 nitrogen and oxygen atoms in total. The molecule has 0 radical (unpaired) electrons. The van der Waals surface area contributed by atoms with Gasteiger partial charge in [0.15, 0.2) is 0 Å². The lowest BCUT2D eigenvalue weighted by atomic mass is 10.2. The Bertz CT molecular complexity index is 1180. The van der Waals surface area contributed by atoms with E-state index in [1.165, 1.54) is 25.2 Å². The van der Waals surface area contributed by atoms with E-state index in [-0.39, 0.29) is 18.4 Å². The Morgan fingerprint density at radius 2 is 1.27 bits per heavy atom. The van der Waals surface area contributed by atoms with E-state index < -0.39 is 0 Å². The summed E-state index contributed by atoms with van der Waals surface area (Å²) in [6.07, 6.45) is 1.75. The van der Waals surface area contributed by atoms with Gasteiger partial charge in [-0.3, -0.25) is 9.59 Å².